The zero-order valence-electron chi connectivity index (χ0n) is 19.4. The number of piperidine rings is 1. The molecule has 10 heteroatoms. The van der Waals surface area contributed by atoms with Crippen molar-refractivity contribution >= 4 is 17.3 Å². The van der Waals surface area contributed by atoms with E-state index in [-0.39, 0.29) is 27.7 Å². The molecule has 0 unspecified atom stereocenters. The van der Waals surface area contributed by atoms with Crippen LogP contribution in [0.15, 0.2) is 59.5 Å². The number of anilines is 2. The lowest BCUT2D eigenvalue weighted by atomic mass is 10.0. The molecule has 0 aliphatic carbocycles. The van der Waals surface area contributed by atoms with Crippen molar-refractivity contribution in [2.24, 2.45) is 0 Å². The van der Waals surface area contributed by atoms with E-state index in [0.717, 1.165) is 17.8 Å². The van der Waals surface area contributed by atoms with Gasteiger partial charge in [0.2, 0.25) is 0 Å². The Bertz CT molecular complexity index is 1380. The third-order valence-corrected chi connectivity index (χ3v) is 5.97. The highest BCUT2D eigenvalue weighted by Gasteiger charge is 2.25. The topological polar surface area (TPSA) is 87.4 Å². The monoisotopic (exact) mass is 496 g/mol. The molecule has 186 valence electrons. The predicted octanol–water partition coefficient (Wildman–Crippen LogP) is 4.86. The summed E-state index contributed by atoms with van der Waals surface area (Å²) in [6, 6.07) is 13.9. The van der Waals surface area contributed by atoms with Crippen molar-refractivity contribution < 1.29 is 22.7 Å². The molecule has 1 saturated heterocycles. The van der Waals surface area contributed by atoms with E-state index in [2.05, 4.69) is 5.32 Å². The SMILES string of the molecule is Cc1ccc(OC2CCN(c3ccc(C#N)cc3NC(=O)c3cccn(C(F)F)c3=O)CC2)c(F)c1. The minimum Gasteiger partial charge on any atom is -0.487 e. The van der Waals surface area contributed by atoms with Crippen LogP contribution < -0.4 is 20.5 Å². The first-order valence-electron chi connectivity index (χ1n) is 11.3. The average molecular weight is 496 g/mol. The van der Waals surface area contributed by atoms with Crippen LogP contribution in [-0.4, -0.2) is 29.7 Å². The highest BCUT2D eigenvalue weighted by Crippen LogP contribution is 2.31. The second-order valence-corrected chi connectivity index (χ2v) is 8.45. The van der Waals surface area contributed by atoms with Crippen LogP contribution in [-0.2, 0) is 0 Å². The summed E-state index contributed by atoms with van der Waals surface area (Å²) in [5.74, 6) is -1.08. The summed E-state index contributed by atoms with van der Waals surface area (Å²) in [5.41, 5.74) is 0.388. The van der Waals surface area contributed by atoms with Gasteiger partial charge in [-0.3, -0.25) is 14.2 Å². The number of pyridine rings is 1. The second kappa shape index (κ2) is 10.6. The number of halogens is 3. The molecule has 1 N–H and O–H groups in total. The number of nitriles is 1. The van der Waals surface area contributed by atoms with Gasteiger partial charge in [0.1, 0.15) is 11.7 Å². The predicted molar refractivity (Wildman–Crippen MR) is 128 cm³/mol. The summed E-state index contributed by atoms with van der Waals surface area (Å²) in [7, 11) is 0. The number of carbonyl (C=O) groups excluding carboxylic acids is 1. The Kier molecular flexibility index (Phi) is 7.29. The van der Waals surface area contributed by atoms with Gasteiger partial charge in [0.05, 0.1) is 23.0 Å². The molecule has 0 bridgehead atoms. The molecule has 1 aromatic heterocycles. The van der Waals surface area contributed by atoms with Gasteiger partial charge in [0, 0.05) is 32.1 Å². The average Bonchev–Trinajstić information content (AvgIpc) is 2.86. The van der Waals surface area contributed by atoms with Crippen LogP contribution in [0.25, 0.3) is 0 Å². The fourth-order valence-electron chi connectivity index (χ4n) is 4.10. The van der Waals surface area contributed by atoms with Gasteiger partial charge in [0.15, 0.2) is 11.6 Å². The highest BCUT2D eigenvalue weighted by atomic mass is 19.3. The van der Waals surface area contributed by atoms with Crippen LogP contribution in [0, 0.1) is 24.1 Å². The van der Waals surface area contributed by atoms with E-state index in [0.29, 0.717) is 31.6 Å². The van der Waals surface area contributed by atoms with Gasteiger partial charge >= 0.3 is 6.55 Å². The van der Waals surface area contributed by atoms with Crippen molar-refractivity contribution in [3.63, 3.8) is 0 Å². The Hall–Kier alpha value is -4.26. The molecule has 7 nitrogen and oxygen atoms in total. The number of nitrogens with zero attached hydrogens (tertiary/aromatic N) is 3. The van der Waals surface area contributed by atoms with Gasteiger partial charge in [-0.25, -0.2) is 4.39 Å². The maximum atomic E-state index is 14.2. The Balaban J connectivity index is 1.51. The summed E-state index contributed by atoms with van der Waals surface area (Å²) in [5, 5.41) is 11.9. The van der Waals surface area contributed by atoms with E-state index >= 15 is 0 Å². The smallest absolute Gasteiger partial charge is 0.321 e. The van der Waals surface area contributed by atoms with Crippen LogP contribution >= 0.6 is 0 Å². The number of aryl methyl sites for hydroxylation is 1. The zero-order chi connectivity index (χ0) is 25.8. The van der Waals surface area contributed by atoms with E-state index in [4.69, 9.17) is 4.74 Å². The second-order valence-electron chi connectivity index (χ2n) is 8.45. The number of aromatic nitrogens is 1. The maximum absolute atomic E-state index is 14.2. The number of alkyl halides is 2. The first-order chi connectivity index (χ1) is 17.3. The number of amides is 1. The summed E-state index contributed by atoms with van der Waals surface area (Å²) in [6.07, 6.45) is 1.86. The van der Waals surface area contributed by atoms with Crippen molar-refractivity contribution in [2.45, 2.75) is 32.4 Å². The lowest BCUT2D eigenvalue weighted by Gasteiger charge is -2.35. The van der Waals surface area contributed by atoms with Crippen molar-refractivity contribution in [1.82, 2.24) is 4.57 Å². The van der Waals surface area contributed by atoms with Gasteiger partial charge in [-0.2, -0.15) is 14.0 Å². The maximum Gasteiger partial charge on any atom is 0.321 e. The van der Waals surface area contributed by atoms with Crippen LogP contribution in [0.5, 0.6) is 5.75 Å². The molecule has 1 amide bonds. The standard InChI is InChI=1S/C26H23F3N4O3/c1-16-4-7-23(20(27)13-16)36-18-8-11-32(12-9-18)22-6-5-17(15-30)14-21(22)31-24(34)19-3-2-10-33(25(19)35)26(28)29/h2-7,10,13-14,18,26H,8-9,11-12H2,1H3,(H,31,34). The molecule has 3 aromatic rings. The molecule has 0 radical (unpaired) electrons. The molecule has 0 atom stereocenters. The minimum absolute atomic E-state index is 0.170. The number of benzene rings is 2. The van der Waals surface area contributed by atoms with Crippen molar-refractivity contribution in [3.05, 3.63) is 87.6 Å². The number of hydrogen-bond donors (Lipinski definition) is 1. The fourth-order valence-corrected chi connectivity index (χ4v) is 4.10. The summed E-state index contributed by atoms with van der Waals surface area (Å²) < 4.78 is 46.3. The summed E-state index contributed by atoms with van der Waals surface area (Å²) in [6.45, 7) is -0.238. The fraction of sp³-hybridized carbons (Fsp3) is 0.269. The highest BCUT2D eigenvalue weighted by molar-refractivity contribution is 6.05. The quantitative estimate of drug-likeness (QED) is 0.527. The molecule has 0 saturated carbocycles. The summed E-state index contributed by atoms with van der Waals surface area (Å²) in [4.78, 5) is 27.1. The van der Waals surface area contributed by atoms with E-state index < -0.39 is 29.4 Å². The van der Waals surface area contributed by atoms with Gasteiger partial charge < -0.3 is 15.0 Å². The molecular formula is C26H23F3N4O3. The number of carbonyl (C=O) groups is 1. The number of ether oxygens (including phenoxy) is 1. The van der Waals surface area contributed by atoms with E-state index in [1.54, 1.807) is 31.2 Å². The third kappa shape index (κ3) is 5.35. The molecule has 4 rings (SSSR count). The van der Waals surface area contributed by atoms with E-state index in [1.165, 1.54) is 18.2 Å². The molecule has 1 fully saturated rings. The Morgan fingerprint density at radius 1 is 1.17 bits per heavy atom. The largest absolute Gasteiger partial charge is 0.487 e. The molecule has 2 aromatic carbocycles. The first-order valence-corrected chi connectivity index (χ1v) is 11.3. The van der Waals surface area contributed by atoms with Crippen LogP contribution in [0.4, 0.5) is 24.5 Å². The van der Waals surface area contributed by atoms with Crippen molar-refractivity contribution in [1.29, 1.82) is 5.26 Å². The van der Waals surface area contributed by atoms with Crippen molar-refractivity contribution in [3.8, 4) is 11.8 Å². The lowest BCUT2D eigenvalue weighted by Crippen LogP contribution is -2.39. The van der Waals surface area contributed by atoms with E-state index in [1.807, 2.05) is 11.0 Å². The Labute approximate surface area is 205 Å². The van der Waals surface area contributed by atoms with Gasteiger partial charge in [-0.1, -0.05) is 6.07 Å². The molecule has 36 heavy (non-hydrogen) atoms. The van der Waals surface area contributed by atoms with Crippen LogP contribution in [0.3, 0.4) is 0 Å². The first kappa shape index (κ1) is 24.9. The van der Waals surface area contributed by atoms with E-state index in [9.17, 15) is 28.0 Å². The Morgan fingerprint density at radius 2 is 1.92 bits per heavy atom. The van der Waals surface area contributed by atoms with Crippen LogP contribution in [0.1, 0.15) is 40.9 Å². The lowest BCUT2D eigenvalue weighted by molar-refractivity contribution is 0.0659. The molecular weight excluding hydrogens is 473 g/mol. The van der Waals surface area contributed by atoms with Gasteiger partial charge in [-0.05, 0) is 55.0 Å². The Morgan fingerprint density at radius 3 is 2.58 bits per heavy atom. The molecule has 1 aliphatic rings. The van der Waals surface area contributed by atoms with Gasteiger partial charge in [0.25, 0.3) is 11.5 Å². The number of rotatable bonds is 6. The summed E-state index contributed by atoms with van der Waals surface area (Å²) >= 11 is 0. The normalized spacial score (nSPS) is 13.9. The zero-order valence-corrected chi connectivity index (χ0v) is 19.4. The number of nitrogens with one attached hydrogen (secondary N) is 1. The third-order valence-electron chi connectivity index (χ3n) is 5.97. The van der Waals surface area contributed by atoms with Gasteiger partial charge in [-0.15, -0.1) is 0 Å². The molecule has 2 heterocycles. The van der Waals surface area contributed by atoms with Crippen molar-refractivity contribution in [2.75, 3.05) is 23.3 Å². The van der Waals surface area contributed by atoms with Crippen LogP contribution in [0.2, 0.25) is 0 Å². The molecule has 1 aliphatic heterocycles. The number of hydrogen-bond acceptors (Lipinski definition) is 5. The molecule has 0 spiro atoms. The minimum atomic E-state index is -3.08.